The molecule has 0 saturated heterocycles. The Hall–Kier alpha value is -3.72. The van der Waals surface area contributed by atoms with Crippen molar-refractivity contribution < 1.29 is 9.13 Å². The average Bonchev–Trinajstić information content (AvgIpc) is 3.48. The summed E-state index contributed by atoms with van der Waals surface area (Å²) < 4.78 is 21.2. The molecule has 0 aliphatic heterocycles. The van der Waals surface area contributed by atoms with Crippen LogP contribution < -0.4 is 15.4 Å². The van der Waals surface area contributed by atoms with Gasteiger partial charge in [-0.15, -0.1) is 0 Å². The number of rotatable bonds is 8. The third-order valence-corrected chi connectivity index (χ3v) is 6.54. The minimum Gasteiger partial charge on any atom is -0.491 e. The van der Waals surface area contributed by atoms with Gasteiger partial charge in [0.15, 0.2) is 0 Å². The largest absolute Gasteiger partial charge is 0.491 e. The van der Waals surface area contributed by atoms with Crippen molar-refractivity contribution in [2.75, 3.05) is 30.8 Å². The Labute approximate surface area is 213 Å². The maximum atomic E-state index is 13.4. The molecule has 186 valence electrons. The molecule has 1 unspecified atom stereocenters. The fraction of sp³-hybridized carbons (Fsp3) is 0.308. The molecular formula is C26H27ClFN7O. The van der Waals surface area contributed by atoms with E-state index in [0.717, 1.165) is 47.6 Å². The number of aromatic nitrogens is 5. The molecule has 10 heteroatoms. The second-order valence-corrected chi connectivity index (χ2v) is 9.25. The van der Waals surface area contributed by atoms with E-state index in [0.29, 0.717) is 30.4 Å². The van der Waals surface area contributed by atoms with Gasteiger partial charge in [-0.2, -0.15) is 5.10 Å². The standard InChI is InChI=1S/C26H27ClFN7O/c1-16-30-15-35(33-16)22-11-8-19(29)14-23(22)36-13-3-12-34(2)25-21-10-9-20(24(21)31-26(27)32-25)17-4-6-18(28)7-5-17/h4-8,11,14-15,20H,3,9-10,12-13,29H2,1-2H3. The molecule has 4 aromatic rings. The van der Waals surface area contributed by atoms with Gasteiger partial charge >= 0.3 is 0 Å². The van der Waals surface area contributed by atoms with Crippen LogP contribution in [-0.2, 0) is 6.42 Å². The molecule has 0 bridgehead atoms. The number of benzene rings is 2. The van der Waals surface area contributed by atoms with E-state index in [1.165, 1.54) is 12.1 Å². The van der Waals surface area contributed by atoms with Crippen LogP contribution in [-0.4, -0.2) is 44.9 Å². The van der Waals surface area contributed by atoms with Gasteiger partial charge < -0.3 is 15.4 Å². The lowest BCUT2D eigenvalue weighted by Gasteiger charge is -2.22. The zero-order valence-corrected chi connectivity index (χ0v) is 20.9. The van der Waals surface area contributed by atoms with Crippen molar-refractivity contribution in [3.63, 3.8) is 0 Å². The first-order chi connectivity index (χ1) is 17.4. The Balaban J connectivity index is 1.26. The first kappa shape index (κ1) is 24.0. The van der Waals surface area contributed by atoms with Crippen LogP contribution in [0.3, 0.4) is 0 Å². The molecule has 2 aromatic carbocycles. The minimum atomic E-state index is -0.248. The van der Waals surface area contributed by atoms with Crippen LogP contribution in [0.25, 0.3) is 5.69 Å². The highest BCUT2D eigenvalue weighted by Gasteiger charge is 2.30. The van der Waals surface area contributed by atoms with Crippen molar-refractivity contribution >= 4 is 23.1 Å². The highest BCUT2D eigenvalue weighted by atomic mass is 35.5. The summed E-state index contributed by atoms with van der Waals surface area (Å²) in [6.45, 7) is 3.02. The van der Waals surface area contributed by atoms with Crippen LogP contribution in [0.4, 0.5) is 15.9 Å². The van der Waals surface area contributed by atoms with Gasteiger partial charge in [-0.25, -0.2) is 24.0 Å². The lowest BCUT2D eigenvalue weighted by atomic mass is 9.97. The number of nitrogens with two attached hydrogens (primary N) is 1. The highest BCUT2D eigenvalue weighted by Crippen LogP contribution is 2.41. The number of hydrogen-bond donors (Lipinski definition) is 1. The molecular weight excluding hydrogens is 481 g/mol. The zero-order valence-electron chi connectivity index (χ0n) is 20.2. The van der Waals surface area contributed by atoms with Crippen LogP contribution in [0.2, 0.25) is 5.28 Å². The first-order valence-electron chi connectivity index (χ1n) is 11.8. The SMILES string of the molecule is Cc1ncn(-c2ccc(N)cc2OCCCN(C)c2nc(Cl)nc3c2CCC3c2ccc(F)cc2)n1. The monoisotopic (exact) mass is 507 g/mol. The van der Waals surface area contributed by atoms with Gasteiger partial charge in [0.25, 0.3) is 0 Å². The lowest BCUT2D eigenvalue weighted by molar-refractivity contribution is 0.311. The maximum absolute atomic E-state index is 13.4. The van der Waals surface area contributed by atoms with Crippen LogP contribution in [0.15, 0.2) is 48.8 Å². The van der Waals surface area contributed by atoms with E-state index in [4.69, 9.17) is 22.1 Å². The number of ether oxygens (including phenoxy) is 1. The molecule has 1 aliphatic carbocycles. The number of fused-ring (bicyclic) bond motifs is 1. The Kier molecular flexibility index (Phi) is 6.73. The van der Waals surface area contributed by atoms with Crippen molar-refractivity contribution in [1.82, 2.24) is 24.7 Å². The molecule has 2 N–H and O–H groups in total. The second-order valence-electron chi connectivity index (χ2n) is 8.91. The number of aryl methyl sites for hydroxylation is 1. The lowest BCUT2D eigenvalue weighted by Crippen LogP contribution is -2.23. The Morgan fingerprint density at radius 2 is 2.00 bits per heavy atom. The predicted molar refractivity (Wildman–Crippen MR) is 137 cm³/mol. The third kappa shape index (κ3) is 4.97. The van der Waals surface area contributed by atoms with E-state index in [2.05, 4.69) is 25.0 Å². The van der Waals surface area contributed by atoms with Crippen molar-refractivity contribution in [2.24, 2.45) is 0 Å². The molecule has 2 heterocycles. The van der Waals surface area contributed by atoms with Gasteiger partial charge in [0.05, 0.1) is 12.3 Å². The molecule has 0 spiro atoms. The van der Waals surface area contributed by atoms with Crippen LogP contribution in [0, 0.1) is 12.7 Å². The summed E-state index contributed by atoms with van der Waals surface area (Å²) in [6.07, 6.45) is 4.13. The number of hydrogen-bond acceptors (Lipinski definition) is 7. The van der Waals surface area contributed by atoms with Gasteiger partial charge in [0, 0.05) is 36.8 Å². The van der Waals surface area contributed by atoms with E-state index in [-0.39, 0.29) is 17.0 Å². The highest BCUT2D eigenvalue weighted by molar-refractivity contribution is 6.28. The van der Waals surface area contributed by atoms with Gasteiger partial charge in [-0.1, -0.05) is 12.1 Å². The van der Waals surface area contributed by atoms with Gasteiger partial charge in [0.2, 0.25) is 5.28 Å². The third-order valence-electron chi connectivity index (χ3n) is 6.37. The first-order valence-corrected chi connectivity index (χ1v) is 12.2. The molecule has 0 radical (unpaired) electrons. The summed E-state index contributed by atoms with van der Waals surface area (Å²) in [5.41, 5.74) is 10.4. The van der Waals surface area contributed by atoms with E-state index < -0.39 is 0 Å². The molecule has 8 nitrogen and oxygen atoms in total. The zero-order chi connectivity index (χ0) is 25.2. The number of halogens is 2. The molecule has 1 aliphatic rings. The molecule has 0 amide bonds. The summed E-state index contributed by atoms with van der Waals surface area (Å²) in [6, 6.07) is 12.1. The Morgan fingerprint density at radius 1 is 1.19 bits per heavy atom. The normalized spacial score (nSPS) is 14.6. The average molecular weight is 508 g/mol. The fourth-order valence-corrected chi connectivity index (χ4v) is 4.81. The van der Waals surface area contributed by atoms with E-state index >= 15 is 0 Å². The van der Waals surface area contributed by atoms with Gasteiger partial charge in [-0.3, -0.25) is 0 Å². The van der Waals surface area contributed by atoms with E-state index in [9.17, 15) is 4.39 Å². The summed E-state index contributed by atoms with van der Waals surface area (Å²) in [5.74, 6) is 1.99. The smallest absolute Gasteiger partial charge is 0.224 e. The summed E-state index contributed by atoms with van der Waals surface area (Å²) in [5, 5.41) is 4.59. The minimum absolute atomic E-state index is 0.0824. The number of anilines is 2. The van der Waals surface area contributed by atoms with Crippen molar-refractivity contribution in [3.05, 3.63) is 82.5 Å². The number of nitrogens with zero attached hydrogens (tertiary/aromatic N) is 6. The molecule has 5 rings (SSSR count). The number of nitrogen functional groups attached to an aromatic ring is 1. The maximum Gasteiger partial charge on any atom is 0.224 e. The van der Waals surface area contributed by atoms with Crippen molar-refractivity contribution in [1.29, 1.82) is 0 Å². The molecule has 2 aromatic heterocycles. The topological polar surface area (TPSA) is 95.0 Å². The van der Waals surface area contributed by atoms with Gasteiger partial charge in [-0.05, 0) is 67.6 Å². The molecule has 1 atom stereocenters. The molecule has 36 heavy (non-hydrogen) atoms. The molecule has 0 saturated carbocycles. The Bertz CT molecular complexity index is 1380. The van der Waals surface area contributed by atoms with Crippen LogP contribution >= 0.6 is 11.6 Å². The summed E-state index contributed by atoms with van der Waals surface area (Å²) in [4.78, 5) is 15.4. The summed E-state index contributed by atoms with van der Waals surface area (Å²) >= 11 is 6.33. The second kappa shape index (κ2) is 10.1. The quantitative estimate of drug-likeness (QED) is 0.209. The fourth-order valence-electron chi connectivity index (χ4n) is 4.64. The van der Waals surface area contributed by atoms with E-state index in [1.807, 2.05) is 38.2 Å². The van der Waals surface area contributed by atoms with Gasteiger partial charge in [0.1, 0.15) is 35.2 Å². The van der Waals surface area contributed by atoms with Crippen LogP contribution in [0.5, 0.6) is 5.75 Å². The Morgan fingerprint density at radius 3 is 2.75 bits per heavy atom. The molecule has 0 fully saturated rings. The summed E-state index contributed by atoms with van der Waals surface area (Å²) in [7, 11) is 1.99. The van der Waals surface area contributed by atoms with Crippen LogP contribution in [0.1, 0.15) is 41.4 Å². The predicted octanol–water partition coefficient (Wildman–Crippen LogP) is 4.72. The van der Waals surface area contributed by atoms with E-state index in [1.54, 1.807) is 17.1 Å². The van der Waals surface area contributed by atoms with Crippen molar-refractivity contribution in [2.45, 2.75) is 32.1 Å². The van der Waals surface area contributed by atoms with Crippen molar-refractivity contribution in [3.8, 4) is 11.4 Å².